The first-order valence-corrected chi connectivity index (χ1v) is 12.7. The quantitative estimate of drug-likeness (QED) is 0.192. The van der Waals surface area contributed by atoms with Crippen molar-refractivity contribution in [2.24, 2.45) is 7.05 Å². The summed E-state index contributed by atoms with van der Waals surface area (Å²) in [4.78, 5) is 9.31. The van der Waals surface area contributed by atoms with E-state index in [-0.39, 0.29) is 21.1 Å². The Kier molecular flexibility index (Phi) is 5.50. The van der Waals surface area contributed by atoms with Gasteiger partial charge in [-0.1, -0.05) is 60.7 Å². The monoisotopic (exact) mass is 684 g/mol. The predicted molar refractivity (Wildman–Crippen MR) is 155 cm³/mol. The summed E-state index contributed by atoms with van der Waals surface area (Å²) in [6.45, 7) is 0. The molecule has 0 radical (unpaired) electrons. The van der Waals surface area contributed by atoms with E-state index < -0.39 is 0 Å². The van der Waals surface area contributed by atoms with Gasteiger partial charge in [-0.3, -0.25) is 4.57 Å². The van der Waals surface area contributed by atoms with Gasteiger partial charge in [-0.15, -0.1) is 0 Å². The van der Waals surface area contributed by atoms with Gasteiger partial charge in [0.05, 0.1) is 22.1 Å². The Morgan fingerprint density at radius 1 is 0.538 bits per heavy atom. The normalized spacial score (nSPS) is 11.5. The molecule has 0 aliphatic rings. The van der Waals surface area contributed by atoms with E-state index in [2.05, 4.69) is 110 Å². The molecule has 0 saturated heterocycles. The Hall–Kier alpha value is -4.47. The molecule has 0 atom stereocenters. The van der Waals surface area contributed by atoms with E-state index in [0.29, 0.717) is 0 Å². The van der Waals surface area contributed by atoms with Gasteiger partial charge in [-0.2, -0.15) is 0 Å². The average molecular weight is 685 g/mol. The van der Waals surface area contributed by atoms with Gasteiger partial charge in [0.25, 0.3) is 0 Å². The van der Waals surface area contributed by atoms with Crippen LogP contribution in [0.1, 0.15) is 0 Å². The number of aryl methyl sites for hydroxylation is 1. The van der Waals surface area contributed by atoms with Crippen molar-refractivity contribution in [2.75, 3.05) is 0 Å². The molecule has 0 bridgehead atoms. The van der Waals surface area contributed by atoms with E-state index in [1.165, 1.54) is 27.1 Å². The van der Waals surface area contributed by atoms with E-state index in [9.17, 15) is 0 Å². The molecule has 4 aromatic heterocycles. The predicted octanol–water partition coefficient (Wildman–Crippen LogP) is 7.67. The summed E-state index contributed by atoms with van der Waals surface area (Å²) in [5.74, 6) is 1.87. The van der Waals surface area contributed by atoms with Crippen LogP contribution in [0.2, 0.25) is 0 Å². The van der Waals surface area contributed by atoms with E-state index in [4.69, 9.17) is 4.98 Å². The van der Waals surface area contributed by atoms with Crippen LogP contribution in [0.25, 0.3) is 66.5 Å². The first kappa shape index (κ1) is 23.6. The van der Waals surface area contributed by atoms with Gasteiger partial charge in [-0.05, 0) is 42.5 Å². The van der Waals surface area contributed by atoms with Crippen molar-refractivity contribution in [3.05, 3.63) is 122 Å². The van der Waals surface area contributed by atoms with Crippen molar-refractivity contribution in [1.29, 1.82) is 0 Å². The van der Waals surface area contributed by atoms with Gasteiger partial charge in [0, 0.05) is 58.4 Å². The van der Waals surface area contributed by atoms with Crippen LogP contribution in [-0.4, -0.2) is 23.7 Å². The molecule has 5 nitrogen and oxygen atoms in total. The molecule has 4 heterocycles. The van der Waals surface area contributed by atoms with E-state index in [1.807, 2.05) is 37.8 Å². The van der Waals surface area contributed by atoms with Crippen LogP contribution < -0.4 is 0 Å². The van der Waals surface area contributed by atoms with Gasteiger partial charge in [-0.25, -0.2) is 9.97 Å². The Balaban J connectivity index is 0.00000253. The maximum Gasteiger partial charge on any atom is 2.00 e. The van der Waals surface area contributed by atoms with Crippen LogP contribution in [0.3, 0.4) is 0 Å². The molecule has 4 aromatic carbocycles. The molecule has 6 heteroatoms. The molecule has 0 amide bonds. The first-order chi connectivity index (χ1) is 18.8. The van der Waals surface area contributed by atoms with Crippen molar-refractivity contribution in [1.82, 2.24) is 23.7 Å². The number of imidazole rings is 1. The fourth-order valence-electron chi connectivity index (χ4n) is 5.86. The van der Waals surface area contributed by atoms with Gasteiger partial charge in [0.1, 0.15) is 11.6 Å². The third-order valence-electron chi connectivity index (χ3n) is 7.55. The maximum atomic E-state index is 4.71. The molecule has 0 unspecified atom stereocenters. The summed E-state index contributed by atoms with van der Waals surface area (Å²) in [5.41, 5.74) is 6.83. The molecule has 0 fully saturated rings. The molecule has 0 aliphatic carbocycles. The number of benzene rings is 4. The maximum absolute atomic E-state index is 4.71. The Morgan fingerprint density at radius 3 is 1.87 bits per heavy atom. The number of fused-ring (bicyclic) bond motifs is 6. The van der Waals surface area contributed by atoms with Crippen LogP contribution >= 0.6 is 0 Å². The van der Waals surface area contributed by atoms with E-state index >= 15 is 0 Å². The molecular weight excluding hydrogens is 661 g/mol. The third kappa shape index (κ3) is 3.50. The minimum absolute atomic E-state index is 0. The van der Waals surface area contributed by atoms with Crippen LogP contribution in [0.5, 0.6) is 0 Å². The zero-order valence-corrected chi connectivity index (χ0v) is 23.4. The number of pyridine rings is 1. The molecule has 39 heavy (non-hydrogen) atoms. The van der Waals surface area contributed by atoms with Crippen molar-refractivity contribution in [2.45, 2.75) is 0 Å². The molecule has 8 aromatic rings. The second kappa shape index (κ2) is 9.07. The molecule has 188 valence electrons. The van der Waals surface area contributed by atoms with Crippen LogP contribution in [-0.2, 0) is 28.1 Å². The molecule has 0 spiro atoms. The summed E-state index contributed by atoms with van der Waals surface area (Å²) in [6.07, 6.45) is 5.69. The third-order valence-corrected chi connectivity index (χ3v) is 7.55. The zero-order valence-electron chi connectivity index (χ0n) is 21.1. The fraction of sp³-hybridized carbons (Fsp3) is 0.0303. The Morgan fingerprint density at radius 2 is 1.18 bits per heavy atom. The molecule has 0 N–H and O–H groups in total. The minimum Gasteiger partial charge on any atom is -0.334 e. The summed E-state index contributed by atoms with van der Waals surface area (Å²) in [5, 5.41) is 4.90. The SMILES string of the molecule is Cn1ccnc1-c1ccc2c3ccccc3n(-c3ccc4c5ccccc5n(-c5ccccn5)c4c3)c2c1.[Pt+2]. The van der Waals surface area contributed by atoms with E-state index in [1.54, 1.807) is 0 Å². The van der Waals surface area contributed by atoms with Crippen LogP contribution in [0.15, 0.2) is 122 Å². The number of para-hydroxylation sites is 2. The van der Waals surface area contributed by atoms with Crippen LogP contribution in [0.4, 0.5) is 0 Å². The second-order valence-corrected chi connectivity index (χ2v) is 9.69. The largest absolute Gasteiger partial charge is 2.00 e. The second-order valence-electron chi connectivity index (χ2n) is 9.69. The summed E-state index contributed by atoms with van der Waals surface area (Å²) in [6, 6.07) is 36.7. The standard InChI is InChI=1S/C33H23N5.Pt/c1-36-19-18-35-33(36)22-13-15-26-24-8-2-4-10-28(24)37(30(26)20-22)23-14-16-27-25-9-3-5-11-29(25)38(31(27)21-23)32-12-6-7-17-34-32;/h2-21H,1H3;/q;+2. The van der Waals surface area contributed by atoms with Crippen molar-refractivity contribution in [3.63, 3.8) is 0 Å². The van der Waals surface area contributed by atoms with Gasteiger partial charge < -0.3 is 9.13 Å². The number of rotatable bonds is 3. The summed E-state index contributed by atoms with van der Waals surface area (Å²) in [7, 11) is 2.03. The van der Waals surface area contributed by atoms with Gasteiger partial charge in [0.2, 0.25) is 0 Å². The average Bonchev–Trinajstić information content (AvgIpc) is 3.64. The number of hydrogen-bond donors (Lipinski definition) is 0. The van der Waals surface area contributed by atoms with Crippen LogP contribution in [0, 0.1) is 0 Å². The molecule has 0 aliphatic heterocycles. The topological polar surface area (TPSA) is 40.6 Å². The van der Waals surface area contributed by atoms with Gasteiger partial charge in [0.15, 0.2) is 0 Å². The van der Waals surface area contributed by atoms with Crippen molar-refractivity contribution < 1.29 is 21.1 Å². The minimum atomic E-state index is 0. The number of hydrogen-bond acceptors (Lipinski definition) is 2. The van der Waals surface area contributed by atoms with Crippen molar-refractivity contribution >= 4 is 43.6 Å². The molecular formula is C33H23N5Pt+2. The molecule has 0 saturated carbocycles. The summed E-state index contributed by atoms with van der Waals surface area (Å²) >= 11 is 0. The fourth-order valence-corrected chi connectivity index (χ4v) is 5.86. The van der Waals surface area contributed by atoms with E-state index in [0.717, 1.165) is 39.4 Å². The Labute approximate surface area is 239 Å². The van der Waals surface area contributed by atoms with Gasteiger partial charge >= 0.3 is 21.1 Å². The first-order valence-electron chi connectivity index (χ1n) is 12.7. The number of aromatic nitrogens is 5. The van der Waals surface area contributed by atoms with Crippen molar-refractivity contribution in [3.8, 4) is 22.9 Å². The Bertz CT molecular complexity index is 2150. The summed E-state index contributed by atoms with van der Waals surface area (Å²) < 4.78 is 6.70. The zero-order chi connectivity index (χ0) is 25.2. The number of nitrogens with zero attached hydrogens (tertiary/aromatic N) is 5. The molecule has 8 rings (SSSR count). The smallest absolute Gasteiger partial charge is 0.334 e.